The molecule has 1 amide bonds. The fraction of sp³-hybridized carbons (Fsp3) is 0.545. The minimum atomic E-state index is -4.23. The molecule has 2 unspecified atom stereocenters. The molecular formula is C11H20N2O6P+. The van der Waals surface area contributed by atoms with Gasteiger partial charge >= 0.3 is 8.17 Å². The first kappa shape index (κ1) is 17.0. The first-order valence-corrected chi connectivity index (χ1v) is 7.59. The van der Waals surface area contributed by atoms with E-state index in [1.807, 2.05) is 0 Å². The molecule has 0 aromatic rings. The minimum Gasteiger partial charge on any atom is -0.356 e. The number of nitrogens with one attached hydrogen (secondary N) is 1. The van der Waals surface area contributed by atoms with Gasteiger partial charge in [-0.05, 0) is 19.0 Å². The molecule has 8 nitrogen and oxygen atoms in total. The van der Waals surface area contributed by atoms with Crippen LogP contribution in [0, 0.1) is 0 Å². The summed E-state index contributed by atoms with van der Waals surface area (Å²) >= 11 is 0. The van der Waals surface area contributed by atoms with Crippen LogP contribution in [0.15, 0.2) is 25.1 Å². The monoisotopic (exact) mass is 307 g/mol. The molecule has 1 heterocycles. The Balaban J connectivity index is 2.46. The van der Waals surface area contributed by atoms with E-state index in [0.717, 1.165) is 0 Å². The lowest BCUT2D eigenvalue weighted by Crippen LogP contribution is -2.28. The normalized spacial score (nSPS) is 23.0. The highest BCUT2D eigenvalue weighted by atomic mass is 31.2. The Hall–Kier alpha value is -1.02. The third-order valence-corrected chi connectivity index (χ3v) is 3.20. The zero-order chi connectivity index (χ0) is 15.2. The van der Waals surface area contributed by atoms with Crippen LogP contribution in [0.1, 0.15) is 12.8 Å². The van der Waals surface area contributed by atoms with Crippen LogP contribution in [0.5, 0.6) is 0 Å². The van der Waals surface area contributed by atoms with E-state index in [9.17, 15) is 4.79 Å². The smallest absolute Gasteiger partial charge is 0.356 e. The summed E-state index contributed by atoms with van der Waals surface area (Å²) < 4.78 is 10.1. The third kappa shape index (κ3) is 5.96. The molecule has 1 rings (SSSR count). The van der Waals surface area contributed by atoms with E-state index in [0.29, 0.717) is 12.8 Å². The molecule has 0 radical (unpaired) electrons. The molecule has 20 heavy (non-hydrogen) atoms. The first-order chi connectivity index (χ1) is 9.35. The van der Waals surface area contributed by atoms with Gasteiger partial charge < -0.3 is 15.0 Å². The highest BCUT2D eigenvalue weighted by Gasteiger charge is 2.37. The Bertz CT molecular complexity index is 370. The van der Waals surface area contributed by atoms with Gasteiger partial charge in [0, 0.05) is 19.3 Å². The van der Waals surface area contributed by atoms with E-state index in [4.69, 9.17) is 19.4 Å². The molecule has 9 heteroatoms. The number of amides is 1. The number of rotatable bonds is 7. The zero-order valence-electron chi connectivity index (χ0n) is 11.2. The molecule has 1 aliphatic heterocycles. The van der Waals surface area contributed by atoms with E-state index in [1.165, 1.54) is 19.3 Å². The zero-order valence-corrected chi connectivity index (χ0v) is 12.1. The molecule has 0 saturated carbocycles. The van der Waals surface area contributed by atoms with Crippen molar-refractivity contribution in [2.45, 2.75) is 25.2 Å². The Morgan fingerprint density at radius 3 is 2.80 bits per heavy atom. The van der Waals surface area contributed by atoms with Gasteiger partial charge in [-0.25, -0.2) is 0 Å². The van der Waals surface area contributed by atoms with Crippen molar-refractivity contribution in [3.8, 4) is 0 Å². The lowest BCUT2D eigenvalue weighted by Gasteiger charge is -2.23. The van der Waals surface area contributed by atoms with Gasteiger partial charge in [0.1, 0.15) is 12.8 Å². The van der Waals surface area contributed by atoms with Gasteiger partial charge in [0.15, 0.2) is 0 Å². The van der Waals surface area contributed by atoms with E-state index < -0.39 is 8.17 Å². The summed E-state index contributed by atoms with van der Waals surface area (Å²) in [4.78, 5) is 39.0. The van der Waals surface area contributed by atoms with Gasteiger partial charge in [0.05, 0.1) is 6.10 Å². The number of nitrogens with zero attached hydrogens (tertiary/aromatic N) is 1. The Labute approximate surface area is 118 Å². The van der Waals surface area contributed by atoms with Crippen LogP contribution in [0.25, 0.3) is 0 Å². The van der Waals surface area contributed by atoms with Crippen LogP contribution < -0.4 is 5.32 Å². The van der Waals surface area contributed by atoms with Crippen LogP contribution in [0.3, 0.4) is 0 Å². The van der Waals surface area contributed by atoms with Crippen molar-refractivity contribution in [1.82, 2.24) is 10.2 Å². The second-order valence-electron chi connectivity index (χ2n) is 4.16. The molecule has 0 spiro atoms. The minimum absolute atomic E-state index is 0.113. The summed E-state index contributed by atoms with van der Waals surface area (Å²) in [5.74, 6) is -0.245. The predicted molar refractivity (Wildman–Crippen MR) is 72.7 cm³/mol. The Kier molecular flexibility index (Phi) is 6.54. The van der Waals surface area contributed by atoms with Crippen LogP contribution in [-0.2, 0) is 14.1 Å². The van der Waals surface area contributed by atoms with Gasteiger partial charge in [-0.2, -0.15) is 19.2 Å². The molecule has 1 aliphatic rings. The molecule has 4 N–H and O–H groups in total. The van der Waals surface area contributed by atoms with Gasteiger partial charge in [-0.15, -0.1) is 0 Å². The summed E-state index contributed by atoms with van der Waals surface area (Å²) in [6.07, 6.45) is 5.03. The summed E-state index contributed by atoms with van der Waals surface area (Å²) in [5, 5.41) is 2.45. The second kappa shape index (κ2) is 7.68. The maximum atomic E-state index is 11.1. The largest absolute Gasteiger partial charge is 0.567 e. The van der Waals surface area contributed by atoms with Crippen molar-refractivity contribution < 1.29 is 28.7 Å². The molecule has 0 aromatic carbocycles. The van der Waals surface area contributed by atoms with Crippen LogP contribution >= 0.6 is 8.17 Å². The highest BCUT2D eigenvalue weighted by molar-refractivity contribution is 7.53. The number of ether oxygens (including phenoxy) is 1. The summed E-state index contributed by atoms with van der Waals surface area (Å²) in [5.41, 5.74) is 0. The summed E-state index contributed by atoms with van der Waals surface area (Å²) in [6.45, 7) is 3.52. The Morgan fingerprint density at radius 1 is 1.55 bits per heavy atom. The van der Waals surface area contributed by atoms with Gasteiger partial charge in [0.2, 0.25) is 5.91 Å². The number of likely N-dealkylation sites (N-methyl/N-ethyl adjacent to an activating group) is 1. The average Bonchev–Trinajstić information content (AvgIpc) is 2.85. The molecule has 0 aliphatic carbocycles. The van der Waals surface area contributed by atoms with E-state index in [2.05, 4.69) is 16.4 Å². The van der Waals surface area contributed by atoms with Crippen LogP contribution in [-0.4, -0.2) is 51.5 Å². The second-order valence-corrected chi connectivity index (χ2v) is 5.44. The predicted octanol–water partition coefficient (Wildman–Crippen LogP) is -0.132. The highest BCUT2D eigenvalue weighted by Crippen LogP contribution is 2.46. The summed E-state index contributed by atoms with van der Waals surface area (Å²) in [6, 6.07) is 0. The van der Waals surface area contributed by atoms with Crippen molar-refractivity contribution in [2.75, 3.05) is 13.7 Å². The number of hydrogen-bond donors (Lipinski definition) is 4. The fourth-order valence-corrected chi connectivity index (χ4v) is 2.09. The van der Waals surface area contributed by atoms with Crippen LogP contribution in [0.2, 0.25) is 0 Å². The standard InChI is InChI=1S/C11H19N2O6P/c1-3-13(7-6-10(14)12-2)11-5-4-9(19-11)8-18-20(15,16)17/h3,6-7,9,11,15-17H,1,4-5,8H2,2H3/p+1/b7-6-. The van der Waals surface area contributed by atoms with Gasteiger partial charge in [-0.3, -0.25) is 4.79 Å². The molecule has 2 atom stereocenters. The molecule has 0 aromatic heterocycles. The van der Waals surface area contributed by atoms with Crippen molar-refractivity contribution >= 4 is 14.1 Å². The molecule has 1 saturated heterocycles. The Morgan fingerprint density at radius 2 is 2.25 bits per heavy atom. The third-order valence-electron chi connectivity index (χ3n) is 2.71. The van der Waals surface area contributed by atoms with Crippen LogP contribution in [0.4, 0.5) is 0 Å². The summed E-state index contributed by atoms with van der Waals surface area (Å²) in [7, 11) is -2.70. The van der Waals surface area contributed by atoms with Crippen molar-refractivity contribution in [1.29, 1.82) is 0 Å². The fourth-order valence-electron chi connectivity index (χ4n) is 1.72. The number of carbonyl (C=O) groups is 1. The number of hydrogen-bond acceptors (Lipinski definition) is 7. The molecular weight excluding hydrogens is 287 g/mol. The SMILES string of the molecule is C=CN(/C=C\C(=O)NC)C1CCC(CO[P+](O)(O)O)O1. The van der Waals surface area contributed by atoms with E-state index >= 15 is 0 Å². The van der Waals surface area contributed by atoms with Crippen molar-refractivity contribution in [2.24, 2.45) is 0 Å². The first-order valence-electron chi connectivity index (χ1n) is 6.03. The number of carbonyl (C=O) groups excluding carboxylic acids is 1. The lowest BCUT2D eigenvalue weighted by atomic mass is 10.2. The van der Waals surface area contributed by atoms with Gasteiger partial charge in [-0.1, -0.05) is 6.58 Å². The van der Waals surface area contributed by atoms with E-state index in [1.54, 1.807) is 11.1 Å². The molecule has 0 bridgehead atoms. The molecule has 114 valence electrons. The van der Waals surface area contributed by atoms with Crippen molar-refractivity contribution in [3.05, 3.63) is 25.1 Å². The topological polar surface area (TPSA) is 111 Å². The van der Waals surface area contributed by atoms with E-state index in [-0.39, 0.29) is 24.8 Å². The average molecular weight is 307 g/mol. The maximum absolute atomic E-state index is 11.1. The van der Waals surface area contributed by atoms with Gasteiger partial charge in [0.25, 0.3) is 0 Å². The molecule has 1 fully saturated rings. The maximum Gasteiger partial charge on any atom is 0.567 e. The van der Waals surface area contributed by atoms with Crippen molar-refractivity contribution in [3.63, 3.8) is 0 Å². The lowest BCUT2D eigenvalue weighted by molar-refractivity contribution is -0.116. The quantitative estimate of drug-likeness (QED) is 0.383.